The molecule has 0 amide bonds. The Morgan fingerprint density at radius 2 is 2.27 bits per heavy atom. The molecule has 0 saturated heterocycles. The lowest BCUT2D eigenvalue weighted by atomic mass is 9.87. The average Bonchev–Trinajstić information content (AvgIpc) is 2.19. The number of aromatic nitrogens is 1. The van der Waals surface area contributed by atoms with Crippen molar-refractivity contribution in [2.75, 3.05) is 7.05 Å². The molecule has 0 spiro atoms. The fourth-order valence-electron chi connectivity index (χ4n) is 1.95. The molecule has 4 heteroatoms. The van der Waals surface area contributed by atoms with Crippen LogP contribution in [0.15, 0.2) is 18.5 Å². The molecule has 0 radical (unpaired) electrons. The van der Waals surface area contributed by atoms with E-state index in [1.54, 1.807) is 12.4 Å². The molecule has 1 aliphatic rings. The summed E-state index contributed by atoms with van der Waals surface area (Å²) in [5, 5.41) is 13.2. The molecule has 0 bridgehead atoms. The molecule has 0 fully saturated rings. The number of ether oxygens (including phenoxy) is 1. The number of nitrogens with one attached hydrogen (secondary N) is 1. The van der Waals surface area contributed by atoms with E-state index in [0.29, 0.717) is 0 Å². The Labute approximate surface area is 89.3 Å². The third-order valence-corrected chi connectivity index (χ3v) is 2.86. The first-order valence-electron chi connectivity index (χ1n) is 5.04. The van der Waals surface area contributed by atoms with Gasteiger partial charge in [0.1, 0.15) is 17.5 Å². The van der Waals surface area contributed by atoms with Crippen LogP contribution in [0.4, 0.5) is 0 Å². The zero-order valence-corrected chi connectivity index (χ0v) is 9.19. The molecule has 15 heavy (non-hydrogen) atoms. The number of fused-ring (bicyclic) bond motifs is 1. The highest BCUT2D eigenvalue weighted by Crippen LogP contribution is 2.38. The van der Waals surface area contributed by atoms with Crippen LogP contribution in [0.5, 0.6) is 5.75 Å². The molecule has 0 aromatic carbocycles. The summed E-state index contributed by atoms with van der Waals surface area (Å²) in [6, 6.07) is 1.70. The summed E-state index contributed by atoms with van der Waals surface area (Å²) in [6.07, 6.45) is 2.84. The first-order valence-corrected chi connectivity index (χ1v) is 5.04. The normalized spacial score (nSPS) is 28.0. The Morgan fingerprint density at radius 1 is 1.53 bits per heavy atom. The molecule has 2 rings (SSSR count). The van der Waals surface area contributed by atoms with Crippen molar-refractivity contribution < 1.29 is 9.84 Å². The number of rotatable bonds is 1. The van der Waals surface area contributed by atoms with Crippen LogP contribution in [0.25, 0.3) is 0 Å². The van der Waals surface area contributed by atoms with Crippen molar-refractivity contribution >= 4 is 0 Å². The molecule has 2 atom stereocenters. The van der Waals surface area contributed by atoms with Crippen molar-refractivity contribution in [1.29, 1.82) is 0 Å². The zero-order chi connectivity index (χ0) is 11.1. The molecule has 2 heterocycles. The van der Waals surface area contributed by atoms with E-state index in [1.165, 1.54) is 0 Å². The minimum absolute atomic E-state index is 0.127. The molecule has 1 aromatic rings. The summed E-state index contributed by atoms with van der Waals surface area (Å²) >= 11 is 0. The van der Waals surface area contributed by atoms with E-state index in [1.807, 2.05) is 27.0 Å². The van der Waals surface area contributed by atoms with Crippen LogP contribution in [0.2, 0.25) is 0 Å². The second-order valence-corrected chi connectivity index (χ2v) is 4.33. The fraction of sp³-hybridized carbons (Fsp3) is 0.545. The topological polar surface area (TPSA) is 54.4 Å². The van der Waals surface area contributed by atoms with Crippen LogP contribution in [0.1, 0.15) is 25.5 Å². The molecule has 2 unspecified atom stereocenters. The first kappa shape index (κ1) is 10.4. The van der Waals surface area contributed by atoms with Gasteiger partial charge in [-0.25, -0.2) is 0 Å². The van der Waals surface area contributed by atoms with Gasteiger partial charge in [0.15, 0.2) is 0 Å². The van der Waals surface area contributed by atoms with Crippen LogP contribution in [0, 0.1) is 0 Å². The predicted octanol–water partition coefficient (Wildman–Crippen LogP) is 0.874. The highest BCUT2D eigenvalue weighted by Gasteiger charge is 2.42. The van der Waals surface area contributed by atoms with Gasteiger partial charge in [-0.3, -0.25) is 4.98 Å². The number of likely N-dealkylation sites (N-methyl/N-ethyl adjacent to an activating group) is 1. The quantitative estimate of drug-likeness (QED) is 0.719. The lowest BCUT2D eigenvalue weighted by Crippen LogP contribution is -2.52. The Morgan fingerprint density at radius 3 is 2.93 bits per heavy atom. The van der Waals surface area contributed by atoms with E-state index in [2.05, 4.69) is 10.3 Å². The number of pyridine rings is 1. The SMILES string of the molecule is CNC1c2cnccc2OC(C)(C)C1O. The molecular formula is C11H16N2O2. The number of aliphatic hydroxyl groups excluding tert-OH is 1. The van der Waals surface area contributed by atoms with Crippen molar-refractivity contribution in [2.24, 2.45) is 0 Å². The summed E-state index contributed by atoms with van der Waals surface area (Å²) in [4.78, 5) is 4.05. The van der Waals surface area contributed by atoms with E-state index in [-0.39, 0.29) is 6.04 Å². The van der Waals surface area contributed by atoms with Crippen LogP contribution in [-0.2, 0) is 0 Å². The number of aliphatic hydroxyl groups is 1. The predicted molar refractivity (Wildman–Crippen MR) is 56.8 cm³/mol. The molecule has 0 saturated carbocycles. The maximum absolute atomic E-state index is 10.1. The average molecular weight is 208 g/mol. The molecule has 1 aliphatic heterocycles. The maximum Gasteiger partial charge on any atom is 0.131 e. The highest BCUT2D eigenvalue weighted by atomic mass is 16.5. The van der Waals surface area contributed by atoms with E-state index in [9.17, 15) is 5.11 Å². The third-order valence-electron chi connectivity index (χ3n) is 2.86. The number of hydrogen-bond acceptors (Lipinski definition) is 4. The van der Waals surface area contributed by atoms with E-state index in [0.717, 1.165) is 11.3 Å². The van der Waals surface area contributed by atoms with Gasteiger partial charge in [-0.05, 0) is 27.0 Å². The standard InChI is InChI=1S/C11H16N2O2/c1-11(2)10(14)9(12-3)7-6-13-5-4-8(7)15-11/h4-6,9-10,12,14H,1-3H3. The maximum atomic E-state index is 10.1. The molecular weight excluding hydrogens is 192 g/mol. The minimum atomic E-state index is -0.584. The first-order chi connectivity index (χ1) is 7.06. The Kier molecular flexibility index (Phi) is 2.40. The largest absolute Gasteiger partial charge is 0.485 e. The number of nitrogens with zero attached hydrogens (tertiary/aromatic N) is 1. The minimum Gasteiger partial charge on any atom is -0.485 e. The van der Waals surface area contributed by atoms with Gasteiger partial charge in [0.05, 0.1) is 6.04 Å². The molecule has 4 nitrogen and oxygen atoms in total. The molecule has 1 aromatic heterocycles. The van der Waals surface area contributed by atoms with E-state index >= 15 is 0 Å². The lowest BCUT2D eigenvalue weighted by Gasteiger charge is -2.41. The molecule has 0 aliphatic carbocycles. The molecule has 2 N–H and O–H groups in total. The van der Waals surface area contributed by atoms with Crippen molar-refractivity contribution in [3.05, 3.63) is 24.0 Å². The molecule has 82 valence electrons. The van der Waals surface area contributed by atoms with Crippen molar-refractivity contribution in [3.8, 4) is 5.75 Å². The zero-order valence-electron chi connectivity index (χ0n) is 9.19. The van der Waals surface area contributed by atoms with Gasteiger partial charge in [-0.15, -0.1) is 0 Å². The Balaban J connectivity index is 2.48. The van der Waals surface area contributed by atoms with Gasteiger partial charge in [-0.1, -0.05) is 0 Å². The second-order valence-electron chi connectivity index (χ2n) is 4.33. The van der Waals surface area contributed by atoms with Gasteiger partial charge < -0.3 is 15.2 Å². The van der Waals surface area contributed by atoms with E-state index in [4.69, 9.17) is 4.74 Å². The van der Waals surface area contributed by atoms with Gasteiger partial charge in [0.2, 0.25) is 0 Å². The smallest absolute Gasteiger partial charge is 0.131 e. The summed E-state index contributed by atoms with van der Waals surface area (Å²) in [7, 11) is 1.83. The van der Waals surface area contributed by atoms with Crippen LogP contribution >= 0.6 is 0 Å². The van der Waals surface area contributed by atoms with Gasteiger partial charge in [0, 0.05) is 18.0 Å². The van der Waals surface area contributed by atoms with Crippen LogP contribution in [-0.4, -0.2) is 28.8 Å². The van der Waals surface area contributed by atoms with Crippen LogP contribution in [0.3, 0.4) is 0 Å². The highest BCUT2D eigenvalue weighted by molar-refractivity contribution is 5.37. The third kappa shape index (κ3) is 1.60. The van der Waals surface area contributed by atoms with Crippen molar-refractivity contribution in [3.63, 3.8) is 0 Å². The van der Waals surface area contributed by atoms with E-state index < -0.39 is 11.7 Å². The summed E-state index contributed by atoms with van der Waals surface area (Å²) in [5.74, 6) is 0.791. The summed E-state index contributed by atoms with van der Waals surface area (Å²) < 4.78 is 5.73. The number of hydrogen-bond donors (Lipinski definition) is 2. The second kappa shape index (κ2) is 3.47. The summed E-state index contributed by atoms with van der Waals surface area (Å²) in [5.41, 5.74) is 0.328. The summed E-state index contributed by atoms with van der Waals surface area (Å²) in [6.45, 7) is 3.76. The lowest BCUT2D eigenvalue weighted by molar-refractivity contribution is -0.0633. The van der Waals surface area contributed by atoms with Gasteiger partial charge in [-0.2, -0.15) is 0 Å². The Bertz CT molecular complexity index is 365. The van der Waals surface area contributed by atoms with Gasteiger partial charge >= 0.3 is 0 Å². The van der Waals surface area contributed by atoms with Gasteiger partial charge in [0.25, 0.3) is 0 Å². The Hall–Kier alpha value is -1.13. The van der Waals surface area contributed by atoms with Crippen LogP contribution < -0.4 is 10.1 Å². The monoisotopic (exact) mass is 208 g/mol. The van der Waals surface area contributed by atoms with Crippen molar-refractivity contribution in [2.45, 2.75) is 31.6 Å². The van der Waals surface area contributed by atoms with Crippen molar-refractivity contribution in [1.82, 2.24) is 10.3 Å². The fourth-order valence-corrected chi connectivity index (χ4v) is 1.95.